The normalized spacial score (nSPS) is 14.0. The monoisotopic (exact) mass is 371 g/mol. The Hall–Kier alpha value is -1.27. The first-order valence-corrected chi connectivity index (χ1v) is 8.13. The summed E-state index contributed by atoms with van der Waals surface area (Å²) in [6, 6.07) is 10.3. The molecule has 1 aliphatic heterocycles. The molecule has 0 bridgehead atoms. The maximum atomic E-state index is 6.40. The molecule has 2 heterocycles. The van der Waals surface area contributed by atoms with E-state index in [9.17, 15) is 0 Å². The number of nitrogens with two attached hydrogens (primary N) is 1. The Balaban J connectivity index is 0.00000144. The van der Waals surface area contributed by atoms with E-state index in [1.54, 1.807) is 0 Å². The molecule has 2 aromatic rings. The van der Waals surface area contributed by atoms with Crippen LogP contribution in [0.25, 0.3) is 5.69 Å². The van der Waals surface area contributed by atoms with Crippen molar-refractivity contribution in [2.75, 3.05) is 39.5 Å². The van der Waals surface area contributed by atoms with Crippen LogP contribution in [0, 0.1) is 0 Å². The van der Waals surface area contributed by atoms with E-state index >= 15 is 0 Å². The molecule has 1 aliphatic rings. The maximum absolute atomic E-state index is 6.40. The number of nitrogens with zero attached hydrogens (tertiary/aromatic N) is 2. The first-order valence-electron chi connectivity index (χ1n) is 8.13. The van der Waals surface area contributed by atoms with Gasteiger partial charge in [0, 0.05) is 32.5 Å². The molecule has 134 valence electrons. The molecule has 0 saturated carbocycles. The zero-order valence-corrected chi connectivity index (χ0v) is 15.9. The number of anilines is 1. The first-order chi connectivity index (χ1) is 10.6. The second-order valence-electron chi connectivity index (χ2n) is 6.46. The molecule has 24 heavy (non-hydrogen) atoms. The average molecular weight is 372 g/mol. The van der Waals surface area contributed by atoms with Crippen LogP contribution in [0.1, 0.15) is 17.7 Å². The van der Waals surface area contributed by atoms with Crippen molar-refractivity contribution >= 4 is 5.82 Å². The zero-order chi connectivity index (χ0) is 15.5. The lowest BCUT2D eigenvalue weighted by Gasteiger charge is -2.25. The Morgan fingerprint density at radius 3 is 2.58 bits per heavy atom. The number of fused-ring (bicyclic) bond motifs is 1. The van der Waals surface area contributed by atoms with Gasteiger partial charge in [-0.2, -0.15) is 0 Å². The van der Waals surface area contributed by atoms with Gasteiger partial charge in [-0.3, -0.25) is 10.6 Å². The lowest BCUT2D eigenvalue weighted by atomic mass is 10.1. The molecule has 7 heteroatoms. The molecule has 0 atom stereocenters. The van der Waals surface area contributed by atoms with Gasteiger partial charge in [-0.25, -0.2) is 5.10 Å². The maximum Gasteiger partial charge on any atom is 0.303 e. The van der Waals surface area contributed by atoms with Crippen LogP contribution in [0.15, 0.2) is 30.3 Å². The van der Waals surface area contributed by atoms with E-state index in [0.717, 1.165) is 37.6 Å². The molecule has 1 aromatic carbocycles. The number of hydrogen-bond acceptors (Lipinski definition) is 2. The summed E-state index contributed by atoms with van der Waals surface area (Å²) in [5.74, 6) is 0.851. The number of halogens is 2. The second kappa shape index (κ2) is 9.28. The number of para-hydroxylation sites is 1. The van der Waals surface area contributed by atoms with Crippen molar-refractivity contribution in [2.24, 2.45) is 0 Å². The van der Waals surface area contributed by atoms with E-state index in [2.05, 4.69) is 36.2 Å². The van der Waals surface area contributed by atoms with E-state index < -0.39 is 0 Å². The van der Waals surface area contributed by atoms with Gasteiger partial charge in [0.25, 0.3) is 0 Å². The molecular formula is C17H27Cl2N5. The largest absolute Gasteiger partial charge is 1.00 e. The molecule has 0 fully saturated rings. The van der Waals surface area contributed by atoms with E-state index in [1.807, 2.05) is 22.9 Å². The lowest BCUT2D eigenvalue weighted by Crippen LogP contribution is -3.05. The number of hydrogen-bond donors (Lipinski definition) is 3. The first kappa shape index (κ1) is 20.8. The highest BCUT2D eigenvalue weighted by molar-refractivity contribution is 5.41. The van der Waals surface area contributed by atoms with E-state index in [1.165, 1.54) is 29.1 Å². The van der Waals surface area contributed by atoms with E-state index in [-0.39, 0.29) is 24.8 Å². The number of nitrogens with one attached hydrogen (secondary N) is 2. The molecule has 0 aliphatic carbocycles. The van der Waals surface area contributed by atoms with E-state index in [4.69, 9.17) is 5.73 Å². The van der Waals surface area contributed by atoms with Crippen molar-refractivity contribution in [1.82, 2.24) is 10.00 Å². The van der Waals surface area contributed by atoms with Crippen molar-refractivity contribution in [3.05, 3.63) is 41.6 Å². The van der Waals surface area contributed by atoms with Gasteiger partial charge in [-0.1, -0.05) is 18.2 Å². The summed E-state index contributed by atoms with van der Waals surface area (Å²) in [6.45, 7) is 4.45. The third kappa shape index (κ3) is 4.63. The van der Waals surface area contributed by atoms with Crippen LogP contribution < -0.4 is 40.1 Å². The van der Waals surface area contributed by atoms with Crippen LogP contribution in [0.2, 0.25) is 0 Å². The number of H-pyrrole nitrogens is 1. The Kier molecular flexibility index (Phi) is 8.03. The molecule has 0 spiro atoms. The van der Waals surface area contributed by atoms with Crippen molar-refractivity contribution < 1.29 is 34.4 Å². The lowest BCUT2D eigenvalue weighted by molar-refractivity contribution is -0.858. The summed E-state index contributed by atoms with van der Waals surface area (Å²) in [4.78, 5) is 4.03. The third-order valence-electron chi connectivity index (χ3n) is 4.39. The number of aromatic amines is 1. The Morgan fingerprint density at radius 1 is 1.21 bits per heavy atom. The fraction of sp³-hybridized carbons (Fsp3) is 0.471. The number of aromatic nitrogens is 2. The van der Waals surface area contributed by atoms with Gasteiger partial charge in [-0.05, 0) is 12.1 Å². The smallest absolute Gasteiger partial charge is 0.303 e. The third-order valence-corrected chi connectivity index (χ3v) is 4.39. The Bertz CT molecular complexity index is 627. The van der Waals surface area contributed by atoms with Gasteiger partial charge in [0.15, 0.2) is 5.69 Å². The van der Waals surface area contributed by atoms with Crippen molar-refractivity contribution in [3.63, 3.8) is 0 Å². The fourth-order valence-corrected chi connectivity index (χ4v) is 3.14. The highest BCUT2D eigenvalue weighted by Crippen LogP contribution is 2.21. The van der Waals surface area contributed by atoms with Crippen LogP contribution in [-0.2, 0) is 13.0 Å². The van der Waals surface area contributed by atoms with Crippen LogP contribution in [0.5, 0.6) is 0 Å². The summed E-state index contributed by atoms with van der Waals surface area (Å²) in [6.07, 6.45) is 2.29. The zero-order valence-electron chi connectivity index (χ0n) is 14.4. The second-order valence-corrected chi connectivity index (χ2v) is 6.46. The van der Waals surface area contributed by atoms with Crippen LogP contribution in [-0.4, -0.2) is 43.7 Å². The molecule has 4 N–H and O–H groups in total. The Labute approximate surface area is 156 Å². The number of quaternary nitrogens is 1. The minimum Gasteiger partial charge on any atom is -1.00 e. The summed E-state index contributed by atoms with van der Waals surface area (Å²) in [5, 5.41) is 3.47. The van der Waals surface area contributed by atoms with Gasteiger partial charge in [0.05, 0.1) is 31.9 Å². The van der Waals surface area contributed by atoms with Gasteiger partial charge in [-0.15, -0.1) is 4.68 Å². The quantitative estimate of drug-likeness (QED) is 0.458. The SMILES string of the molecule is C[NH+](C)CCCN1CCc2[nH][n+](-c3ccccc3)c(N)c2C1.[Cl-].[Cl-]. The van der Waals surface area contributed by atoms with Crippen molar-refractivity contribution in [3.8, 4) is 5.69 Å². The molecular weight excluding hydrogens is 345 g/mol. The molecule has 3 rings (SSSR count). The summed E-state index contributed by atoms with van der Waals surface area (Å²) in [5.41, 5.74) is 10.0. The topological polar surface area (TPSA) is 53.4 Å². The average Bonchev–Trinajstić information content (AvgIpc) is 2.85. The summed E-state index contributed by atoms with van der Waals surface area (Å²) < 4.78 is 2.01. The summed E-state index contributed by atoms with van der Waals surface area (Å²) in [7, 11) is 4.42. The number of nitrogen functional groups attached to an aromatic ring is 1. The van der Waals surface area contributed by atoms with Crippen LogP contribution >= 0.6 is 0 Å². The molecule has 0 saturated heterocycles. The fourth-order valence-electron chi connectivity index (χ4n) is 3.14. The predicted octanol–water partition coefficient (Wildman–Crippen LogP) is -6.23. The van der Waals surface area contributed by atoms with Crippen LogP contribution in [0.4, 0.5) is 5.82 Å². The summed E-state index contributed by atoms with van der Waals surface area (Å²) >= 11 is 0. The van der Waals surface area contributed by atoms with Gasteiger partial charge in [0.2, 0.25) is 0 Å². The molecule has 5 nitrogen and oxygen atoms in total. The molecule has 1 aromatic heterocycles. The van der Waals surface area contributed by atoms with Crippen molar-refractivity contribution in [2.45, 2.75) is 19.4 Å². The molecule has 0 radical (unpaired) electrons. The number of rotatable bonds is 5. The van der Waals surface area contributed by atoms with Gasteiger partial charge in [0.1, 0.15) is 0 Å². The predicted molar refractivity (Wildman–Crippen MR) is 88.0 cm³/mol. The highest BCUT2D eigenvalue weighted by atomic mass is 35.5. The molecule has 0 unspecified atom stereocenters. The van der Waals surface area contributed by atoms with E-state index in [0.29, 0.717) is 0 Å². The van der Waals surface area contributed by atoms with Crippen LogP contribution in [0.3, 0.4) is 0 Å². The molecule has 0 amide bonds. The minimum absolute atomic E-state index is 0. The minimum atomic E-state index is 0. The van der Waals surface area contributed by atoms with Gasteiger partial charge >= 0.3 is 5.82 Å². The van der Waals surface area contributed by atoms with Crippen molar-refractivity contribution in [1.29, 1.82) is 0 Å². The Morgan fingerprint density at radius 2 is 1.92 bits per heavy atom. The highest BCUT2D eigenvalue weighted by Gasteiger charge is 2.27. The standard InChI is InChI=1S/C17H25N5.2ClH/c1-20(2)10-6-11-21-12-9-16-15(13-21)17(18)22(19-16)14-7-4-3-5-8-14;;/h3-5,7-8H,6,9-13H2,1-2H3,(H2,18,19);2*1H. The number of benzene rings is 1. The van der Waals surface area contributed by atoms with Gasteiger partial charge < -0.3 is 29.7 Å².